The molecule has 2 rings (SSSR count). The third kappa shape index (κ3) is 3.74. The molecule has 1 aliphatic heterocycles. The molecule has 21 heavy (non-hydrogen) atoms. The number of benzene rings is 1. The molecule has 1 fully saturated rings. The van der Waals surface area contributed by atoms with Crippen molar-refractivity contribution in [3.8, 4) is 5.75 Å². The fraction of sp³-hybridized carbons (Fsp3) is 0.562. The van der Waals surface area contributed by atoms with Crippen LogP contribution >= 0.6 is 0 Å². The number of hydrogen-bond acceptors (Lipinski definition) is 4. The van der Waals surface area contributed by atoms with Crippen molar-refractivity contribution < 1.29 is 14.6 Å². The van der Waals surface area contributed by atoms with Gasteiger partial charge in [-0.25, -0.2) is 0 Å². The van der Waals surface area contributed by atoms with Crippen LogP contribution in [0.2, 0.25) is 0 Å². The summed E-state index contributed by atoms with van der Waals surface area (Å²) < 4.78 is 5.57. The predicted molar refractivity (Wildman–Crippen MR) is 81.6 cm³/mol. The fourth-order valence-electron chi connectivity index (χ4n) is 2.57. The Morgan fingerprint density at radius 2 is 1.90 bits per heavy atom. The van der Waals surface area contributed by atoms with Crippen LogP contribution in [-0.2, 0) is 0 Å². The highest BCUT2D eigenvalue weighted by molar-refractivity contribution is 5.94. The van der Waals surface area contributed by atoms with E-state index in [1.165, 1.54) is 0 Å². The lowest BCUT2D eigenvalue weighted by molar-refractivity contribution is 0.0764. The smallest absolute Gasteiger partial charge is 0.254 e. The highest BCUT2D eigenvalue weighted by Crippen LogP contribution is 2.19. The minimum Gasteiger partial charge on any atom is -0.491 e. The van der Waals surface area contributed by atoms with Gasteiger partial charge in [-0.05, 0) is 52.2 Å². The van der Waals surface area contributed by atoms with Crippen LogP contribution in [0, 0.1) is 0 Å². The number of likely N-dealkylation sites (tertiary alicyclic amines) is 1. The standard InChI is InChI=1S/C16H24N2O3/c1-11(2)21-13-7-5-12(6-8-13)16(20)18-9-14(17(3)4)15(19)10-18/h5-8,11,14-15,19H,9-10H2,1-4H3/t14-,15-/m1/s1. The summed E-state index contributed by atoms with van der Waals surface area (Å²) in [5.41, 5.74) is 0.623. The van der Waals surface area contributed by atoms with Gasteiger partial charge in [-0.3, -0.25) is 4.79 Å². The van der Waals surface area contributed by atoms with Crippen molar-refractivity contribution in [2.24, 2.45) is 0 Å². The van der Waals surface area contributed by atoms with Gasteiger partial charge >= 0.3 is 0 Å². The average Bonchev–Trinajstić information content (AvgIpc) is 2.80. The van der Waals surface area contributed by atoms with Gasteiger partial charge in [-0.1, -0.05) is 0 Å². The minimum atomic E-state index is -0.493. The molecule has 1 aromatic rings. The molecule has 1 amide bonds. The SMILES string of the molecule is CC(C)Oc1ccc(C(=O)N2C[C@@H](O)[C@H](N(C)C)C2)cc1. The number of carbonyl (C=O) groups is 1. The molecule has 0 aliphatic carbocycles. The van der Waals surface area contributed by atoms with Crippen LogP contribution in [0.5, 0.6) is 5.75 Å². The Balaban J connectivity index is 2.04. The molecule has 1 N–H and O–H groups in total. The Kier molecular flexibility index (Phi) is 4.85. The van der Waals surface area contributed by atoms with Crippen LogP contribution in [-0.4, -0.2) is 66.2 Å². The quantitative estimate of drug-likeness (QED) is 0.906. The van der Waals surface area contributed by atoms with Crippen LogP contribution < -0.4 is 4.74 Å². The van der Waals surface area contributed by atoms with Gasteiger partial charge in [0.25, 0.3) is 5.91 Å². The molecule has 0 unspecified atom stereocenters. The number of hydrogen-bond donors (Lipinski definition) is 1. The molecule has 1 aliphatic rings. The highest BCUT2D eigenvalue weighted by Gasteiger charge is 2.35. The number of carbonyl (C=O) groups excluding carboxylic acids is 1. The van der Waals surface area contributed by atoms with Crippen molar-refractivity contribution in [1.82, 2.24) is 9.80 Å². The minimum absolute atomic E-state index is 0.00232. The predicted octanol–water partition coefficient (Wildman–Crippen LogP) is 1.22. The summed E-state index contributed by atoms with van der Waals surface area (Å²) in [6.07, 6.45) is -0.381. The van der Waals surface area contributed by atoms with E-state index in [0.29, 0.717) is 18.7 Å². The Labute approximate surface area is 126 Å². The van der Waals surface area contributed by atoms with Gasteiger partial charge in [-0.2, -0.15) is 0 Å². The van der Waals surface area contributed by atoms with Gasteiger partial charge in [0, 0.05) is 18.7 Å². The van der Waals surface area contributed by atoms with Crippen molar-refractivity contribution in [3.05, 3.63) is 29.8 Å². The summed E-state index contributed by atoms with van der Waals surface area (Å²) in [6, 6.07) is 7.16. The first-order chi connectivity index (χ1) is 9.88. The fourth-order valence-corrected chi connectivity index (χ4v) is 2.57. The zero-order chi connectivity index (χ0) is 15.6. The monoisotopic (exact) mass is 292 g/mol. The number of aliphatic hydroxyl groups excluding tert-OH is 1. The van der Waals surface area contributed by atoms with Crippen molar-refractivity contribution in [3.63, 3.8) is 0 Å². The van der Waals surface area contributed by atoms with Crippen molar-refractivity contribution in [2.75, 3.05) is 27.2 Å². The third-order valence-electron chi connectivity index (χ3n) is 3.68. The molecule has 5 nitrogen and oxygen atoms in total. The Bertz CT molecular complexity index is 485. The second kappa shape index (κ2) is 6.45. The van der Waals surface area contributed by atoms with E-state index in [1.807, 2.05) is 45.0 Å². The van der Waals surface area contributed by atoms with E-state index in [4.69, 9.17) is 4.74 Å². The molecule has 1 heterocycles. The average molecular weight is 292 g/mol. The number of β-amino-alcohol motifs (C(OH)–C–C–N with tert-alkyl or cyclic N) is 1. The van der Waals surface area contributed by atoms with E-state index < -0.39 is 6.10 Å². The van der Waals surface area contributed by atoms with Gasteiger partial charge in [0.2, 0.25) is 0 Å². The number of rotatable bonds is 4. The summed E-state index contributed by atoms with van der Waals surface area (Å²) in [7, 11) is 3.83. The molecule has 2 atom stereocenters. The van der Waals surface area contributed by atoms with Crippen molar-refractivity contribution in [2.45, 2.75) is 32.1 Å². The van der Waals surface area contributed by atoms with Crippen molar-refractivity contribution in [1.29, 1.82) is 0 Å². The maximum absolute atomic E-state index is 12.4. The van der Waals surface area contributed by atoms with Crippen LogP contribution in [0.4, 0.5) is 0 Å². The van der Waals surface area contributed by atoms with Crippen LogP contribution in [0.15, 0.2) is 24.3 Å². The third-order valence-corrected chi connectivity index (χ3v) is 3.68. The molecule has 116 valence electrons. The summed E-state index contributed by atoms with van der Waals surface area (Å²) in [6.45, 7) is 4.86. The van der Waals surface area contributed by atoms with Gasteiger partial charge in [0.15, 0.2) is 0 Å². The summed E-state index contributed by atoms with van der Waals surface area (Å²) >= 11 is 0. The van der Waals surface area contributed by atoms with Gasteiger partial charge in [0.1, 0.15) is 5.75 Å². The summed E-state index contributed by atoms with van der Waals surface area (Å²) in [5.74, 6) is 0.712. The summed E-state index contributed by atoms with van der Waals surface area (Å²) in [4.78, 5) is 16.1. The van der Waals surface area contributed by atoms with Crippen LogP contribution in [0.1, 0.15) is 24.2 Å². The number of amides is 1. The van der Waals surface area contributed by atoms with Gasteiger partial charge < -0.3 is 19.6 Å². The van der Waals surface area contributed by atoms with E-state index in [2.05, 4.69) is 0 Å². The lowest BCUT2D eigenvalue weighted by Crippen LogP contribution is -2.38. The molecule has 5 heteroatoms. The lowest BCUT2D eigenvalue weighted by atomic mass is 10.2. The zero-order valence-electron chi connectivity index (χ0n) is 13.1. The number of aliphatic hydroxyl groups is 1. The molecular formula is C16H24N2O3. The molecule has 0 bridgehead atoms. The second-order valence-corrected chi connectivity index (χ2v) is 6.00. The second-order valence-electron chi connectivity index (χ2n) is 6.00. The Morgan fingerprint density at radius 3 is 2.38 bits per heavy atom. The van der Waals surface area contributed by atoms with Gasteiger partial charge in [-0.15, -0.1) is 0 Å². The largest absolute Gasteiger partial charge is 0.491 e. The molecule has 1 saturated heterocycles. The molecular weight excluding hydrogens is 268 g/mol. The number of likely N-dealkylation sites (N-methyl/N-ethyl adjacent to an activating group) is 1. The maximum atomic E-state index is 12.4. The number of nitrogens with zero attached hydrogens (tertiary/aromatic N) is 2. The zero-order valence-corrected chi connectivity index (χ0v) is 13.1. The molecule has 0 saturated carbocycles. The summed E-state index contributed by atoms with van der Waals surface area (Å²) in [5, 5.41) is 10.0. The maximum Gasteiger partial charge on any atom is 0.254 e. The normalized spacial score (nSPS) is 22.1. The molecule has 0 aromatic heterocycles. The van der Waals surface area contributed by atoms with E-state index in [0.717, 1.165) is 5.75 Å². The Morgan fingerprint density at radius 1 is 1.29 bits per heavy atom. The van der Waals surface area contributed by atoms with Gasteiger partial charge in [0.05, 0.1) is 18.2 Å². The highest BCUT2D eigenvalue weighted by atomic mass is 16.5. The van der Waals surface area contributed by atoms with E-state index in [-0.39, 0.29) is 18.1 Å². The lowest BCUT2D eigenvalue weighted by Gasteiger charge is -2.21. The first-order valence-electron chi connectivity index (χ1n) is 7.29. The number of ether oxygens (including phenoxy) is 1. The van der Waals surface area contributed by atoms with E-state index in [9.17, 15) is 9.90 Å². The van der Waals surface area contributed by atoms with E-state index >= 15 is 0 Å². The first-order valence-corrected chi connectivity index (χ1v) is 7.29. The van der Waals surface area contributed by atoms with Crippen molar-refractivity contribution >= 4 is 5.91 Å². The molecule has 1 aromatic carbocycles. The van der Waals surface area contributed by atoms with Crippen LogP contribution in [0.3, 0.4) is 0 Å². The molecule has 0 spiro atoms. The van der Waals surface area contributed by atoms with Crippen LogP contribution in [0.25, 0.3) is 0 Å². The Hall–Kier alpha value is -1.59. The van der Waals surface area contributed by atoms with E-state index in [1.54, 1.807) is 17.0 Å². The molecule has 0 radical (unpaired) electrons. The first kappa shape index (κ1) is 15.8. The topological polar surface area (TPSA) is 53.0 Å².